The van der Waals surface area contributed by atoms with E-state index in [4.69, 9.17) is 0 Å². The van der Waals surface area contributed by atoms with E-state index in [1.807, 2.05) is 0 Å². The summed E-state index contributed by atoms with van der Waals surface area (Å²) in [7, 11) is 0. The number of nitrogens with one attached hydrogen (secondary N) is 1. The molecule has 1 aliphatic carbocycles. The molecule has 2 rings (SSSR count). The van der Waals surface area contributed by atoms with E-state index in [-0.39, 0.29) is 16.9 Å². The summed E-state index contributed by atoms with van der Waals surface area (Å²) in [5.74, 6) is 0. The van der Waals surface area contributed by atoms with E-state index in [1.54, 1.807) is 0 Å². The van der Waals surface area contributed by atoms with Crippen molar-refractivity contribution in [2.24, 2.45) is 0 Å². The van der Waals surface area contributed by atoms with Gasteiger partial charge in [0.1, 0.15) is 0 Å². The van der Waals surface area contributed by atoms with Gasteiger partial charge in [-0.2, -0.15) is 0 Å². The summed E-state index contributed by atoms with van der Waals surface area (Å²) >= 11 is 0. The molecule has 0 saturated heterocycles. The van der Waals surface area contributed by atoms with Gasteiger partial charge in [0, 0.05) is 29.9 Å². The van der Waals surface area contributed by atoms with Crippen LogP contribution >= 0.6 is 0 Å². The molecule has 20 heavy (non-hydrogen) atoms. The topological polar surface area (TPSA) is 55.2 Å². The van der Waals surface area contributed by atoms with Crippen LogP contribution in [0, 0.1) is 10.1 Å². The number of nitro benzene ring substituents is 1. The quantitative estimate of drug-likeness (QED) is 0.476. The molecule has 0 aromatic heterocycles. The Morgan fingerprint density at radius 2 is 2.20 bits per heavy atom. The van der Waals surface area contributed by atoms with Crippen LogP contribution in [-0.4, -0.2) is 11.5 Å². The van der Waals surface area contributed by atoms with Crippen LogP contribution in [0.3, 0.4) is 0 Å². The van der Waals surface area contributed by atoms with E-state index < -0.39 is 11.3 Å². The van der Waals surface area contributed by atoms with Gasteiger partial charge in [0.15, 0.2) is 0 Å². The molecule has 0 radical (unpaired) electrons. The summed E-state index contributed by atoms with van der Waals surface area (Å²) in [5, 5.41) is 13.6. The monoisotopic (exact) mass is 282 g/mol. The van der Waals surface area contributed by atoms with Gasteiger partial charge in [-0.05, 0) is 31.7 Å². The highest BCUT2D eigenvalue weighted by Crippen LogP contribution is 2.31. The van der Waals surface area contributed by atoms with Crippen LogP contribution in [0.4, 0.5) is 20.2 Å². The van der Waals surface area contributed by atoms with Crippen molar-refractivity contribution in [1.29, 1.82) is 0 Å². The molecule has 0 atom stereocenters. The number of benzene rings is 1. The molecule has 1 aliphatic rings. The Morgan fingerprint density at radius 3 is 2.80 bits per heavy atom. The maximum Gasteiger partial charge on any atom is 0.270 e. The molecule has 6 heteroatoms. The van der Waals surface area contributed by atoms with Crippen molar-refractivity contribution in [2.75, 3.05) is 11.9 Å². The van der Waals surface area contributed by atoms with Gasteiger partial charge in [0.25, 0.3) is 12.1 Å². The molecule has 0 fully saturated rings. The zero-order valence-electron chi connectivity index (χ0n) is 10.9. The molecule has 0 bridgehead atoms. The first-order valence-corrected chi connectivity index (χ1v) is 6.56. The van der Waals surface area contributed by atoms with Crippen LogP contribution in [0.2, 0.25) is 0 Å². The second-order valence-corrected chi connectivity index (χ2v) is 4.76. The SMILES string of the molecule is O=[N+]([O-])c1ccc(NCCC2=CCCC2)c(C(F)F)c1. The van der Waals surface area contributed by atoms with Crippen molar-refractivity contribution in [3.63, 3.8) is 0 Å². The van der Waals surface area contributed by atoms with Crippen LogP contribution in [0.5, 0.6) is 0 Å². The first-order chi connectivity index (χ1) is 9.58. The molecule has 1 aromatic carbocycles. The number of nitrogens with zero attached hydrogens (tertiary/aromatic N) is 1. The number of non-ortho nitro benzene ring substituents is 1. The fourth-order valence-electron chi connectivity index (χ4n) is 2.33. The minimum absolute atomic E-state index is 0.268. The summed E-state index contributed by atoms with van der Waals surface area (Å²) in [6.07, 6.45) is 3.60. The number of halogens is 2. The minimum Gasteiger partial charge on any atom is -0.384 e. The lowest BCUT2D eigenvalue weighted by Gasteiger charge is -2.11. The van der Waals surface area contributed by atoms with Gasteiger partial charge in [0.05, 0.1) is 4.92 Å². The van der Waals surface area contributed by atoms with Crippen LogP contribution in [0.15, 0.2) is 29.8 Å². The van der Waals surface area contributed by atoms with Gasteiger partial charge < -0.3 is 5.32 Å². The largest absolute Gasteiger partial charge is 0.384 e. The normalized spacial score (nSPS) is 14.4. The Balaban J connectivity index is 2.04. The summed E-state index contributed by atoms with van der Waals surface area (Å²) in [4.78, 5) is 9.94. The molecule has 0 heterocycles. The third kappa shape index (κ3) is 3.53. The number of alkyl halides is 2. The number of rotatable bonds is 6. The van der Waals surface area contributed by atoms with E-state index in [0.29, 0.717) is 6.54 Å². The third-order valence-corrected chi connectivity index (χ3v) is 3.38. The predicted molar refractivity (Wildman–Crippen MR) is 73.1 cm³/mol. The van der Waals surface area contributed by atoms with Crippen molar-refractivity contribution in [3.8, 4) is 0 Å². The molecule has 0 aliphatic heterocycles. The molecule has 4 nitrogen and oxygen atoms in total. The average Bonchev–Trinajstić information content (AvgIpc) is 2.91. The molecule has 1 aromatic rings. The van der Waals surface area contributed by atoms with Gasteiger partial charge in [0.2, 0.25) is 0 Å². The van der Waals surface area contributed by atoms with E-state index in [2.05, 4.69) is 11.4 Å². The third-order valence-electron chi connectivity index (χ3n) is 3.38. The second kappa shape index (κ2) is 6.45. The lowest BCUT2D eigenvalue weighted by molar-refractivity contribution is -0.385. The first kappa shape index (κ1) is 14.4. The molecule has 1 N–H and O–H groups in total. The molecular weight excluding hydrogens is 266 g/mol. The summed E-state index contributed by atoms with van der Waals surface area (Å²) < 4.78 is 25.9. The van der Waals surface area contributed by atoms with Crippen LogP contribution in [0.25, 0.3) is 0 Å². The van der Waals surface area contributed by atoms with Gasteiger partial charge in [-0.3, -0.25) is 10.1 Å². The van der Waals surface area contributed by atoms with Gasteiger partial charge >= 0.3 is 0 Å². The second-order valence-electron chi connectivity index (χ2n) is 4.76. The van der Waals surface area contributed by atoms with Crippen molar-refractivity contribution < 1.29 is 13.7 Å². The maximum atomic E-state index is 12.9. The van der Waals surface area contributed by atoms with Crippen molar-refractivity contribution in [3.05, 3.63) is 45.5 Å². The molecule has 0 spiro atoms. The van der Waals surface area contributed by atoms with E-state index in [0.717, 1.165) is 31.7 Å². The Hall–Kier alpha value is -1.98. The summed E-state index contributed by atoms with van der Waals surface area (Å²) in [6.45, 7) is 0.559. The highest BCUT2D eigenvalue weighted by molar-refractivity contribution is 5.56. The lowest BCUT2D eigenvalue weighted by atomic mass is 10.1. The van der Waals surface area contributed by atoms with Gasteiger partial charge in [-0.15, -0.1) is 0 Å². The Kier molecular flexibility index (Phi) is 4.65. The number of hydrogen-bond acceptors (Lipinski definition) is 3. The molecule has 0 saturated carbocycles. The molecule has 0 unspecified atom stereocenters. The Morgan fingerprint density at radius 1 is 1.40 bits per heavy atom. The fraction of sp³-hybridized carbons (Fsp3) is 0.429. The maximum absolute atomic E-state index is 12.9. The number of allylic oxidation sites excluding steroid dienone is 1. The smallest absolute Gasteiger partial charge is 0.270 e. The van der Waals surface area contributed by atoms with Gasteiger partial charge in [-0.25, -0.2) is 8.78 Å². The fourth-order valence-corrected chi connectivity index (χ4v) is 2.33. The summed E-state index contributed by atoms with van der Waals surface area (Å²) in [6, 6.07) is 3.52. The molecule has 108 valence electrons. The first-order valence-electron chi connectivity index (χ1n) is 6.56. The minimum atomic E-state index is -2.73. The van der Waals surface area contributed by atoms with Crippen LogP contribution in [0.1, 0.15) is 37.7 Å². The van der Waals surface area contributed by atoms with Gasteiger partial charge in [-0.1, -0.05) is 11.6 Å². The van der Waals surface area contributed by atoms with E-state index in [9.17, 15) is 18.9 Å². The van der Waals surface area contributed by atoms with Crippen molar-refractivity contribution >= 4 is 11.4 Å². The number of hydrogen-bond donors (Lipinski definition) is 1. The van der Waals surface area contributed by atoms with Crippen molar-refractivity contribution in [2.45, 2.75) is 32.1 Å². The number of nitro groups is 1. The lowest BCUT2D eigenvalue weighted by Crippen LogP contribution is -2.05. The highest BCUT2D eigenvalue weighted by atomic mass is 19.3. The Labute approximate surface area is 115 Å². The van der Waals surface area contributed by atoms with Crippen LogP contribution in [-0.2, 0) is 0 Å². The Bertz CT molecular complexity index is 530. The number of anilines is 1. The average molecular weight is 282 g/mol. The zero-order chi connectivity index (χ0) is 14.5. The standard InChI is InChI=1S/C14H16F2N2O2/c15-14(16)12-9-11(18(19)20)5-6-13(12)17-8-7-10-3-1-2-4-10/h3,5-6,9,14,17H,1-2,4,7-8H2. The zero-order valence-corrected chi connectivity index (χ0v) is 10.9. The molecule has 0 amide bonds. The predicted octanol–water partition coefficient (Wildman–Crippen LogP) is 4.44. The summed E-state index contributed by atoms with van der Waals surface area (Å²) in [5.41, 5.74) is 0.978. The molecular formula is C14H16F2N2O2. The van der Waals surface area contributed by atoms with E-state index >= 15 is 0 Å². The van der Waals surface area contributed by atoms with Crippen LogP contribution < -0.4 is 5.32 Å². The van der Waals surface area contributed by atoms with Crippen molar-refractivity contribution in [1.82, 2.24) is 0 Å². The van der Waals surface area contributed by atoms with E-state index in [1.165, 1.54) is 17.7 Å². The highest BCUT2D eigenvalue weighted by Gasteiger charge is 2.17.